The first-order valence-corrected chi connectivity index (χ1v) is 9.19. The summed E-state index contributed by atoms with van der Waals surface area (Å²) in [7, 11) is 0. The molecule has 0 radical (unpaired) electrons. The van der Waals surface area contributed by atoms with Crippen LogP contribution in [0, 0.1) is 0 Å². The van der Waals surface area contributed by atoms with Gasteiger partial charge in [-0.2, -0.15) is 0 Å². The standard InChI is InChI=1S/C19H26N2O3.ClH/c22-19(21-15-5-6-16(21)12-20-10-9-15)14-3-7-17(8-4-14)24-13-18-2-1-11-23-18;/h3-4,7-8,15-16,18,20H,1-2,5-6,9-13H2;1H. The monoisotopic (exact) mass is 366 g/mol. The van der Waals surface area contributed by atoms with Crippen LogP contribution in [0.25, 0.3) is 0 Å². The van der Waals surface area contributed by atoms with E-state index in [1.807, 2.05) is 24.3 Å². The molecule has 3 heterocycles. The zero-order valence-corrected chi connectivity index (χ0v) is 15.3. The first-order chi connectivity index (χ1) is 11.8. The number of rotatable bonds is 4. The Kier molecular flexibility index (Phi) is 6.20. The fourth-order valence-electron chi connectivity index (χ4n) is 4.12. The van der Waals surface area contributed by atoms with Crippen molar-refractivity contribution in [3.63, 3.8) is 0 Å². The summed E-state index contributed by atoms with van der Waals surface area (Å²) in [5, 5.41) is 3.44. The third-order valence-corrected chi connectivity index (χ3v) is 5.45. The highest BCUT2D eigenvalue weighted by Gasteiger charge is 2.38. The van der Waals surface area contributed by atoms with Gasteiger partial charge in [0.2, 0.25) is 0 Å². The molecule has 0 aromatic heterocycles. The summed E-state index contributed by atoms with van der Waals surface area (Å²) in [6.07, 6.45) is 5.72. The molecule has 5 nitrogen and oxygen atoms in total. The number of fused-ring (bicyclic) bond motifs is 2. The van der Waals surface area contributed by atoms with Gasteiger partial charge in [0.25, 0.3) is 5.91 Å². The zero-order valence-electron chi connectivity index (χ0n) is 14.5. The summed E-state index contributed by atoms with van der Waals surface area (Å²) >= 11 is 0. The van der Waals surface area contributed by atoms with E-state index in [0.717, 1.165) is 63.1 Å². The average Bonchev–Trinajstić information content (AvgIpc) is 3.19. The summed E-state index contributed by atoms with van der Waals surface area (Å²) in [6, 6.07) is 8.34. The zero-order chi connectivity index (χ0) is 16.4. The lowest BCUT2D eigenvalue weighted by atomic mass is 10.1. The topological polar surface area (TPSA) is 50.8 Å². The average molecular weight is 367 g/mol. The van der Waals surface area contributed by atoms with Crippen molar-refractivity contribution in [1.82, 2.24) is 10.2 Å². The Bertz CT molecular complexity index is 561. The number of hydrogen-bond donors (Lipinski definition) is 1. The third-order valence-electron chi connectivity index (χ3n) is 5.45. The second-order valence-corrected chi connectivity index (χ2v) is 7.06. The summed E-state index contributed by atoms with van der Waals surface area (Å²) in [5.74, 6) is 0.972. The molecule has 0 saturated carbocycles. The Labute approximate surface area is 155 Å². The molecule has 3 aliphatic heterocycles. The molecule has 3 fully saturated rings. The second-order valence-electron chi connectivity index (χ2n) is 7.06. The lowest BCUT2D eigenvalue weighted by molar-refractivity contribution is 0.0670. The predicted octanol–water partition coefficient (Wildman–Crippen LogP) is 2.63. The van der Waals surface area contributed by atoms with Crippen LogP contribution in [0.1, 0.15) is 42.5 Å². The minimum atomic E-state index is 0. The van der Waals surface area contributed by atoms with Crippen molar-refractivity contribution < 1.29 is 14.3 Å². The Hall–Kier alpha value is -1.30. The predicted molar refractivity (Wildman–Crippen MR) is 98.6 cm³/mol. The molecular weight excluding hydrogens is 340 g/mol. The number of carbonyl (C=O) groups is 1. The van der Waals surface area contributed by atoms with E-state index >= 15 is 0 Å². The van der Waals surface area contributed by atoms with Crippen LogP contribution in [-0.2, 0) is 4.74 Å². The maximum absolute atomic E-state index is 12.9. The van der Waals surface area contributed by atoms with Gasteiger partial charge in [0.15, 0.2) is 0 Å². The van der Waals surface area contributed by atoms with Gasteiger partial charge in [0, 0.05) is 30.8 Å². The largest absolute Gasteiger partial charge is 0.491 e. The molecule has 1 aromatic rings. The van der Waals surface area contributed by atoms with Crippen molar-refractivity contribution in [3.05, 3.63) is 29.8 Å². The summed E-state index contributed by atoms with van der Waals surface area (Å²) in [4.78, 5) is 15.0. The van der Waals surface area contributed by atoms with E-state index in [9.17, 15) is 4.79 Å². The van der Waals surface area contributed by atoms with Crippen molar-refractivity contribution in [2.45, 2.75) is 50.3 Å². The molecule has 2 bridgehead atoms. The maximum atomic E-state index is 12.9. The number of nitrogens with one attached hydrogen (secondary N) is 1. The van der Waals surface area contributed by atoms with E-state index < -0.39 is 0 Å². The summed E-state index contributed by atoms with van der Waals surface area (Å²) in [6.45, 7) is 3.37. The molecule has 3 unspecified atom stereocenters. The number of carbonyl (C=O) groups excluding carboxylic acids is 1. The van der Waals surface area contributed by atoms with Gasteiger partial charge >= 0.3 is 0 Å². The number of nitrogens with zero attached hydrogens (tertiary/aromatic N) is 1. The minimum Gasteiger partial charge on any atom is -0.491 e. The molecule has 4 rings (SSSR count). The van der Waals surface area contributed by atoms with Crippen molar-refractivity contribution >= 4 is 18.3 Å². The van der Waals surface area contributed by atoms with Crippen molar-refractivity contribution in [3.8, 4) is 5.75 Å². The Morgan fingerprint density at radius 2 is 1.96 bits per heavy atom. The Balaban J connectivity index is 0.00000182. The molecule has 0 spiro atoms. The van der Waals surface area contributed by atoms with Crippen LogP contribution in [0.5, 0.6) is 5.75 Å². The van der Waals surface area contributed by atoms with Gasteiger partial charge in [-0.05, 0) is 62.9 Å². The highest BCUT2D eigenvalue weighted by molar-refractivity contribution is 5.95. The van der Waals surface area contributed by atoms with Gasteiger partial charge in [-0.1, -0.05) is 0 Å². The van der Waals surface area contributed by atoms with Crippen LogP contribution in [0.2, 0.25) is 0 Å². The van der Waals surface area contributed by atoms with E-state index in [2.05, 4.69) is 10.2 Å². The van der Waals surface area contributed by atoms with Crippen LogP contribution in [0.3, 0.4) is 0 Å². The number of ether oxygens (including phenoxy) is 2. The highest BCUT2D eigenvalue weighted by Crippen LogP contribution is 2.30. The van der Waals surface area contributed by atoms with E-state index in [-0.39, 0.29) is 24.4 Å². The number of halogens is 1. The van der Waals surface area contributed by atoms with Crippen LogP contribution < -0.4 is 10.1 Å². The second kappa shape index (κ2) is 8.39. The molecule has 3 saturated heterocycles. The van der Waals surface area contributed by atoms with Gasteiger partial charge in [0.05, 0.1) is 6.10 Å². The van der Waals surface area contributed by atoms with Crippen molar-refractivity contribution in [2.75, 3.05) is 26.3 Å². The first-order valence-electron chi connectivity index (χ1n) is 9.19. The van der Waals surface area contributed by atoms with E-state index in [4.69, 9.17) is 9.47 Å². The molecule has 138 valence electrons. The fraction of sp³-hybridized carbons (Fsp3) is 0.632. The molecule has 3 atom stereocenters. The Morgan fingerprint density at radius 3 is 2.72 bits per heavy atom. The van der Waals surface area contributed by atoms with Gasteiger partial charge in [-0.3, -0.25) is 4.79 Å². The third kappa shape index (κ3) is 4.10. The van der Waals surface area contributed by atoms with Gasteiger partial charge in [-0.25, -0.2) is 0 Å². The molecule has 25 heavy (non-hydrogen) atoms. The number of hydrogen-bond acceptors (Lipinski definition) is 4. The van der Waals surface area contributed by atoms with Crippen molar-refractivity contribution in [1.29, 1.82) is 0 Å². The maximum Gasteiger partial charge on any atom is 0.254 e. The van der Waals surface area contributed by atoms with Crippen LogP contribution in [-0.4, -0.2) is 55.3 Å². The molecule has 3 aliphatic rings. The normalized spacial score (nSPS) is 28.3. The molecule has 0 aliphatic carbocycles. The fourth-order valence-corrected chi connectivity index (χ4v) is 4.12. The quantitative estimate of drug-likeness (QED) is 0.890. The minimum absolute atomic E-state index is 0. The number of benzene rings is 1. The first kappa shape index (κ1) is 18.5. The summed E-state index contributed by atoms with van der Waals surface area (Å²) < 4.78 is 11.4. The van der Waals surface area contributed by atoms with Crippen LogP contribution in [0.4, 0.5) is 0 Å². The van der Waals surface area contributed by atoms with Crippen LogP contribution >= 0.6 is 12.4 Å². The van der Waals surface area contributed by atoms with E-state index in [1.165, 1.54) is 0 Å². The molecule has 1 amide bonds. The van der Waals surface area contributed by atoms with E-state index in [0.29, 0.717) is 18.7 Å². The van der Waals surface area contributed by atoms with Crippen LogP contribution in [0.15, 0.2) is 24.3 Å². The molecule has 1 N–H and O–H groups in total. The molecular formula is C19H27ClN2O3. The SMILES string of the molecule is Cl.O=C(c1ccc(OCC2CCCO2)cc1)N1C2CCNCC1CC2. The molecule has 6 heteroatoms. The highest BCUT2D eigenvalue weighted by atomic mass is 35.5. The lowest BCUT2D eigenvalue weighted by Gasteiger charge is -2.28. The van der Waals surface area contributed by atoms with Crippen molar-refractivity contribution in [2.24, 2.45) is 0 Å². The van der Waals surface area contributed by atoms with Gasteiger partial charge in [-0.15, -0.1) is 12.4 Å². The van der Waals surface area contributed by atoms with Gasteiger partial charge in [0.1, 0.15) is 12.4 Å². The lowest BCUT2D eigenvalue weighted by Crippen LogP contribution is -2.42. The Morgan fingerprint density at radius 1 is 1.16 bits per heavy atom. The molecule has 1 aromatic carbocycles. The smallest absolute Gasteiger partial charge is 0.254 e. The van der Waals surface area contributed by atoms with Gasteiger partial charge < -0.3 is 19.7 Å². The summed E-state index contributed by atoms with van der Waals surface area (Å²) in [5.41, 5.74) is 0.762. The van der Waals surface area contributed by atoms with E-state index in [1.54, 1.807) is 0 Å². The number of amides is 1.